The molecule has 0 radical (unpaired) electrons. The molecule has 1 N–H and O–H groups in total. The molecule has 0 bridgehead atoms. The Hall–Kier alpha value is -1.87. The van der Waals surface area contributed by atoms with Gasteiger partial charge in [0.1, 0.15) is 18.2 Å². The number of halogens is 1. The maximum absolute atomic E-state index is 12.8. The summed E-state index contributed by atoms with van der Waals surface area (Å²) in [6.45, 7) is 0.287. The van der Waals surface area contributed by atoms with Crippen LogP contribution >= 0.6 is 0 Å². The first-order valence-electron chi connectivity index (χ1n) is 5.39. The van der Waals surface area contributed by atoms with Gasteiger partial charge in [-0.2, -0.15) is 0 Å². The summed E-state index contributed by atoms with van der Waals surface area (Å²) >= 11 is 0. The molecule has 2 aromatic carbocycles. The Morgan fingerprint density at radius 1 is 0.882 bits per heavy atom. The molecule has 0 aromatic heterocycles. The Morgan fingerprint density at radius 2 is 1.41 bits per heavy atom. The monoisotopic (exact) mass is 232 g/mol. The fraction of sp³-hybridized carbons (Fsp3) is 0.143. The third-order valence-corrected chi connectivity index (χ3v) is 2.39. The molecule has 0 fully saturated rings. The molecule has 2 nitrogen and oxygen atoms in total. The quantitative estimate of drug-likeness (QED) is 0.878. The lowest BCUT2D eigenvalue weighted by atomic mass is 10.1. The fourth-order valence-electron chi connectivity index (χ4n) is 1.55. The third kappa shape index (κ3) is 3.04. The summed E-state index contributed by atoms with van der Waals surface area (Å²) in [5, 5.41) is 8.63. The largest absolute Gasteiger partial charge is 0.491 e. The van der Waals surface area contributed by atoms with Gasteiger partial charge < -0.3 is 9.84 Å². The third-order valence-electron chi connectivity index (χ3n) is 2.39. The zero-order chi connectivity index (χ0) is 12.1. The molecule has 0 spiro atoms. The summed E-state index contributed by atoms with van der Waals surface area (Å²) in [6, 6.07) is 13.8. The normalized spacial score (nSPS) is 10.2. The van der Waals surface area contributed by atoms with E-state index in [1.54, 1.807) is 12.1 Å². The Balaban J connectivity index is 2.14. The first-order valence-corrected chi connectivity index (χ1v) is 5.39. The summed E-state index contributed by atoms with van der Waals surface area (Å²) in [5.74, 6) is 0.474. The van der Waals surface area contributed by atoms with Crippen LogP contribution in [0.1, 0.15) is 0 Å². The van der Waals surface area contributed by atoms with Gasteiger partial charge in [0.2, 0.25) is 0 Å². The predicted octanol–water partition coefficient (Wildman–Crippen LogP) is 2.86. The molecule has 0 atom stereocenters. The van der Waals surface area contributed by atoms with Crippen LogP contribution in [0.3, 0.4) is 0 Å². The zero-order valence-electron chi connectivity index (χ0n) is 9.27. The van der Waals surface area contributed by atoms with Crippen LogP contribution in [0.5, 0.6) is 5.75 Å². The molecule has 0 amide bonds. The van der Waals surface area contributed by atoms with Crippen LogP contribution in [0, 0.1) is 5.82 Å². The molecule has 0 saturated carbocycles. The summed E-state index contributed by atoms with van der Waals surface area (Å²) in [4.78, 5) is 0. The van der Waals surface area contributed by atoms with Crippen LogP contribution in [0.4, 0.5) is 4.39 Å². The standard InChI is InChI=1S/C14H13FO2/c15-13-5-1-11(2-6-13)12-3-7-14(8-4-12)17-10-9-16/h1-8,16H,9-10H2. The highest BCUT2D eigenvalue weighted by Crippen LogP contribution is 2.22. The van der Waals surface area contributed by atoms with Crippen LogP contribution in [-0.4, -0.2) is 18.3 Å². The SMILES string of the molecule is OCCOc1ccc(-c2ccc(F)cc2)cc1. The van der Waals surface area contributed by atoms with Crippen molar-refractivity contribution in [1.82, 2.24) is 0 Å². The van der Waals surface area contributed by atoms with Crippen molar-refractivity contribution >= 4 is 0 Å². The van der Waals surface area contributed by atoms with Crippen LogP contribution in [0.15, 0.2) is 48.5 Å². The second-order valence-corrected chi connectivity index (χ2v) is 3.60. The van der Waals surface area contributed by atoms with E-state index in [-0.39, 0.29) is 19.0 Å². The first kappa shape index (κ1) is 11.6. The minimum Gasteiger partial charge on any atom is -0.491 e. The van der Waals surface area contributed by atoms with Crippen molar-refractivity contribution < 1.29 is 14.2 Å². The van der Waals surface area contributed by atoms with E-state index >= 15 is 0 Å². The van der Waals surface area contributed by atoms with E-state index in [1.165, 1.54) is 12.1 Å². The van der Waals surface area contributed by atoms with Gasteiger partial charge in [0.05, 0.1) is 6.61 Å². The Morgan fingerprint density at radius 3 is 1.94 bits per heavy atom. The number of aliphatic hydroxyl groups excluding tert-OH is 1. The minimum absolute atomic E-state index is 0.000284. The van der Waals surface area contributed by atoms with Gasteiger partial charge >= 0.3 is 0 Å². The molecule has 3 heteroatoms. The lowest BCUT2D eigenvalue weighted by Crippen LogP contribution is -2.01. The number of ether oxygens (including phenoxy) is 1. The Bertz CT molecular complexity index is 463. The van der Waals surface area contributed by atoms with Crippen LogP contribution < -0.4 is 4.74 Å². The number of benzene rings is 2. The molecule has 0 unspecified atom stereocenters. The summed E-state index contributed by atoms with van der Waals surface area (Å²) in [6.07, 6.45) is 0. The van der Waals surface area contributed by atoms with E-state index in [0.717, 1.165) is 11.1 Å². The molecule has 0 aliphatic carbocycles. The van der Waals surface area contributed by atoms with Crippen molar-refractivity contribution in [1.29, 1.82) is 0 Å². The smallest absolute Gasteiger partial charge is 0.123 e. The van der Waals surface area contributed by atoms with Crippen LogP contribution in [0.2, 0.25) is 0 Å². The lowest BCUT2D eigenvalue weighted by molar-refractivity contribution is 0.201. The number of hydrogen-bond acceptors (Lipinski definition) is 2. The van der Waals surface area contributed by atoms with Gasteiger partial charge in [-0.15, -0.1) is 0 Å². The lowest BCUT2D eigenvalue weighted by Gasteiger charge is -2.05. The molecule has 0 aliphatic rings. The number of aliphatic hydroxyl groups is 1. The van der Waals surface area contributed by atoms with Crippen molar-refractivity contribution in [2.75, 3.05) is 13.2 Å². The molecule has 2 aromatic rings. The highest BCUT2D eigenvalue weighted by Gasteiger charge is 1.99. The van der Waals surface area contributed by atoms with Crippen molar-refractivity contribution in [2.24, 2.45) is 0 Å². The average molecular weight is 232 g/mol. The minimum atomic E-state index is -0.239. The topological polar surface area (TPSA) is 29.5 Å². The van der Waals surface area contributed by atoms with E-state index in [0.29, 0.717) is 5.75 Å². The highest BCUT2D eigenvalue weighted by molar-refractivity contribution is 5.63. The van der Waals surface area contributed by atoms with Crippen molar-refractivity contribution in [3.63, 3.8) is 0 Å². The number of hydrogen-bond donors (Lipinski definition) is 1. The summed E-state index contributed by atoms with van der Waals surface area (Å²) < 4.78 is 18.0. The van der Waals surface area contributed by atoms with Crippen molar-refractivity contribution in [2.45, 2.75) is 0 Å². The van der Waals surface area contributed by atoms with Crippen LogP contribution in [0.25, 0.3) is 11.1 Å². The first-order chi connectivity index (χ1) is 8.29. The molecule has 88 valence electrons. The molecule has 17 heavy (non-hydrogen) atoms. The molecule has 2 rings (SSSR count). The van der Waals surface area contributed by atoms with E-state index in [4.69, 9.17) is 9.84 Å². The Labute approximate surface area is 99.3 Å². The van der Waals surface area contributed by atoms with Gasteiger partial charge in [-0.3, -0.25) is 0 Å². The zero-order valence-corrected chi connectivity index (χ0v) is 9.27. The fourth-order valence-corrected chi connectivity index (χ4v) is 1.55. The highest BCUT2D eigenvalue weighted by atomic mass is 19.1. The van der Waals surface area contributed by atoms with Crippen molar-refractivity contribution in [3.05, 3.63) is 54.3 Å². The molecule has 0 heterocycles. The average Bonchev–Trinajstić information content (AvgIpc) is 2.38. The van der Waals surface area contributed by atoms with Gasteiger partial charge in [0.25, 0.3) is 0 Å². The molecular formula is C14H13FO2. The maximum Gasteiger partial charge on any atom is 0.123 e. The van der Waals surface area contributed by atoms with Gasteiger partial charge in [0.15, 0.2) is 0 Å². The second-order valence-electron chi connectivity index (χ2n) is 3.60. The van der Waals surface area contributed by atoms with Gasteiger partial charge in [-0.1, -0.05) is 24.3 Å². The molecular weight excluding hydrogens is 219 g/mol. The molecule has 0 aliphatic heterocycles. The van der Waals surface area contributed by atoms with Crippen LogP contribution in [-0.2, 0) is 0 Å². The van der Waals surface area contributed by atoms with E-state index in [9.17, 15) is 4.39 Å². The summed E-state index contributed by atoms with van der Waals surface area (Å²) in [7, 11) is 0. The van der Waals surface area contributed by atoms with Gasteiger partial charge in [-0.25, -0.2) is 4.39 Å². The maximum atomic E-state index is 12.8. The van der Waals surface area contributed by atoms with Crippen molar-refractivity contribution in [3.8, 4) is 16.9 Å². The van der Waals surface area contributed by atoms with E-state index in [2.05, 4.69) is 0 Å². The van der Waals surface area contributed by atoms with Gasteiger partial charge in [0, 0.05) is 0 Å². The van der Waals surface area contributed by atoms with E-state index < -0.39 is 0 Å². The number of rotatable bonds is 4. The van der Waals surface area contributed by atoms with Gasteiger partial charge in [-0.05, 0) is 35.4 Å². The predicted molar refractivity (Wildman–Crippen MR) is 64.4 cm³/mol. The second kappa shape index (κ2) is 5.46. The van der Waals surface area contributed by atoms with E-state index in [1.807, 2.05) is 24.3 Å². The Kier molecular flexibility index (Phi) is 3.73. The molecule has 0 saturated heterocycles. The summed E-state index contributed by atoms with van der Waals surface area (Å²) in [5.41, 5.74) is 1.96.